The van der Waals surface area contributed by atoms with Crippen LogP contribution in [0.25, 0.3) is 0 Å². The first-order valence-corrected chi connectivity index (χ1v) is 11.5. The molecule has 7 nitrogen and oxygen atoms in total. The molecule has 1 heterocycles. The van der Waals surface area contributed by atoms with Gasteiger partial charge in [-0.1, -0.05) is 6.07 Å². The second-order valence-corrected chi connectivity index (χ2v) is 9.23. The molecule has 12 heteroatoms. The molecule has 1 fully saturated rings. The third-order valence-electron chi connectivity index (χ3n) is 6.32. The number of hydrogen-bond donors (Lipinski definition) is 1. The Kier molecular flexibility index (Phi) is 7.07. The molecule has 4 rings (SSSR count). The number of methoxy groups -OCH3 is 1. The van der Waals surface area contributed by atoms with Gasteiger partial charge in [0.2, 0.25) is 0 Å². The van der Waals surface area contributed by atoms with Gasteiger partial charge in [-0.2, -0.15) is 13.2 Å². The summed E-state index contributed by atoms with van der Waals surface area (Å²) in [4.78, 5) is 39.9. The van der Waals surface area contributed by atoms with Gasteiger partial charge in [-0.25, -0.2) is 23.3 Å². The summed E-state index contributed by atoms with van der Waals surface area (Å²) in [5, 5.41) is 3.00. The highest BCUT2D eigenvalue weighted by molar-refractivity contribution is 6.23. The molecule has 3 aromatic carbocycles. The Bertz CT molecular complexity index is 1450. The molecule has 0 unspecified atom stereocenters. The lowest BCUT2D eigenvalue weighted by molar-refractivity contribution is -0.140. The van der Waals surface area contributed by atoms with E-state index < -0.39 is 52.5 Å². The van der Waals surface area contributed by atoms with Gasteiger partial charge in [-0.3, -0.25) is 4.79 Å². The lowest BCUT2D eigenvalue weighted by Crippen LogP contribution is -2.43. The summed E-state index contributed by atoms with van der Waals surface area (Å²) in [6.07, 6.45) is -5.04. The van der Waals surface area contributed by atoms with E-state index in [-0.39, 0.29) is 12.2 Å². The fourth-order valence-electron chi connectivity index (χ4n) is 4.13. The van der Waals surface area contributed by atoms with Crippen LogP contribution in [0.2, 0.25) is 0 Å². The molecule has 0 aromatic heterocycles. The normalized spacial score (nSPS) is 15.1. The fourth-order valence-corrected chi connectivity index (χ4v) is 4.13. The quantitative estimate of drug-likeness (QED) is 0.224. The number of alkyl halides is 3. The molecule has 0 saturated carbocycles. The van der Waals surface area contributed by atoms with E-state index in [9.17, 15) is 36.3 Å². The molecular formula is C27H22F5N3O4. The van der Waals surface area contributed by atoms with Crippen LogP contribution in [0.4, 0.5) is 43.8 Å². The summed E-state index contributed by atoms with van der Waals surface area (Å²) < 4.78 is 72.4. The van der Waals surface area contributed by atoms with Crippen LogP contribution >= 0.6 is 0 Å². The average Bonchev–Trinajstić information content (AvgIpc) is 3.04. The van der Waals surface area contributed by atoms with Crippen molar-refractivity contribution in [1.82, 2.24) is 4.90 Å². The Labute approximate surface area is 219 Å². The monoisotopic (exact) mass is 547 g/mol. The number of halogens is 5. The third kappa shape index (κ3) is 5.27. The topological polar surface area (TPSA) is 79.0 Å². The SMILES string of the molecule is COC(=O)c1ccc(Nc2cc(F)ccc2CN2C(=O)N(c3ccc(F)c(C(F)(F)F)c3)C(=O)C2(C)C)cc1. The van der Waals surface area contributed by atoms with Crippen LogP contribution in [-0.4, -0.2) is 35.5 Å². The van der Waals surface area contributed by atoms with Crippen molar-refractivity contribution in [1.29, 1.82) is 0 Å². The number of carbonyl (C=O) groups is 3. The Balaban J connectivity index is 1.65. The number of hydrogen-bond acceptors (Lipinski definition) is 5. The molecule has 0 spiro atoms. The molecule has 1 aliphatic heterocycles. The van der Waals surface area contributed by atoms with Gasteiger partial charge in [0.25, 0.3) is 5.91 Å². The van der Waals surface area contributed by atoms with Crippen molar-refractivity contribution in [2.24, 2.45) is 0 Å². The summed E-state index contributed by atoms with van der Waals surface area (Å²) in [5.41, 5.74) is -2.14. The van der Waals surface area contributed by atoms with Gasteiger partial charge in [-0.15, -0.1) is 0 Å². The molecule has 3 aromatic rings. The molecule has 0 aliphatic carbocycles. The highest BCUT2D eigenvalue weighted by Crippen LogP contribution is 2.38. The summed E-state index contributed by atoms with van der Waals surface area (Å²) in [5.74, 6) is -3.49. The molecule has 3 amide bonds. The van der Waals surface area contributed by atoms with Crippen molar-refractivity contribution in [3.05, 3.63) is 89.0 Å². The third-order valence-corrected chi connectivity index (χ3v) is 6.32. The van der Waals surface area contributed by atoms with Gasteiger partial charge < -0.3 is 15.0 Å². The summed E-state index contributed by atoms with van der Waals surface area (Å²) in [6.45, 7) is 2.62. The van der Waals surface area contributed by atoms with Gasteiger partial charge in [0.15, 0.2) is 0 Å². The zero-order valence-corrected chi connectivity index (χ0v) is 20.9. The molecule has 0 atom stereocenters. The van der Waals surface area contributed by atoms with Crippen LogP contribution in [-0.2, 0) is 22.3 Å². The van der Waals surface area contributed by atoms with Gasteiger partial charge >= 0.3 is 18.2 Å². The Morgan fingerprint density at radius 2 is 1.64 bits per heavy atom. The summed E-state index contributed by atoms with van der Waals surface area (Å²) >= 11 is 0. The molecule has 1 aliphatic rings. The smallest absolute Gasteiger partial charge is 0.419 e. The van der Waals surface area contributed by atoms with Gasteiger partial charge in [0, 0.05) is 11.4 Å². The first-order chi connectivity index (χ1) is 18.2. The second kappa shape index (κ2) is 10.0. The Hall–Kier alpha value is -4.48. The van der Waals surface area contributed by atoms with Crippen LogP contribution in [0.1, 0.15) is 35.3 Å². The number of nitrogens with one attached hydrogen (secondary N) is 1. The number of esters is 1. The predicted molar refractivity (Wildman–Crippen MR) is 131 cm³/mol. The molecule has 39 heavy (non-hydrogen) atoms. The van der Waals surface area contributed by atoms with Crippen LogP contribution in [0.15, 0.2) is 60.7 Å². The lowest BCUT2D eigenvalue weighted by atomic mass is 10.0. The molecule has 1 saturated heterocycles. The molecular weight excluding hydrogens is 525 g/mol. The number of carbonyl (C=O) groups excluding carboxylic acids is 3. The molecule has 0 bridgehead atoms. The van der Waals surface area contributed by atoms with Crippen LogP contribution in [0.3, 0.4) is 0 Å². The van der Waals surface area contributed by atoms with E-state index >= 15 is 0 Å². The van der Waals surface area contributed by atoms with Crippen molar-refractivity contribution in [3.63, 3.8) is 0 Å². The number of amides is 3. The van der Waals surface area contributed by atoms with Gasteiger partial charge in [0.1, 0.15) is 17.2 Å². The maximum absolute atomic E-state index is 14.2. The van der Waals surface area contributed by atoms with Crippen LogP contribution in [0, 0.1) is 11.6 Å². The highest BCUT2D eigenvalue weighted by Gasteiger charge is 2.52. The first-order valence-electron chi connectivity index (χ1n) is 11.5. The minimum Gasteiger partial charge on any atom is -0.465 e. The molecule has 204 valence electrons. The largest absolute Gasteiger partial charge is 0.465 e. The van der Waals surface area contributed by atoms with Crippen LogP contribution in [0.5, 0.6) is 0 Å². The number of anilines is 3. The summed E-state index contributed by atoms with van der Waals surface area (Å²) in [6, 6.07) is 10.8. The molecule has 0 radical (unpaired) electrons. The van der Waals surface area contributed by atoms with Crippen molar-refractivity contribution in [3.8, 4) is 0 Å². The molecule has 1 N–H and O–H groups in total. The van der Waals surface area contributed by atoms with Crippen LogP contribution < -0.4 is 10.2 Å². The second-order valence-electron chi connectivity index (χ2n) is 9.23. The standard InChI is InChI=1S/C27H22F5N3O4/c1-26(2)24(37)35(19-10-11-21(29)20(13-19)27(30,31)32)25(38)34(26)14-16-4-7-17(28)12-22(16)33-18-8-5-15(6-9-18)23(36)39-3/h4-13,33H,14H2,1-3H3. The summed E-state index contributed by atoms with van der Waals surface area (Å²) in [7, 11) is 1.24. The predicted octanol–water partition coefficient (Wildman–Crippen LogP) is 6.26. The highest BCUT2D eigenvalue weighted by atomic mass is 19.4. The minimum atomic E-state index is -5.04. The zero-order chi connectivity index (χ0) is 28.7. The van der Waals surface area contributed by atoms with Crippen molar-refractivity contribution in [2.45, 2.75) is 32.1 Å². The number of rotatable bonds is 6. The Morgan fingerprint density at radius 3 is 2.26 bits per heavy atom. The Morgan fingerprint density at radius 1 is 0.974 bits per heavy atom. The maximum atomic E-state index is 14.2. The van der Waals surface area contributed by atoms with E-state index in [1.165, 1.54) is 45.2 Å². The van der Waals surface area contributed by atoms with E-state index in [0.29, 0.717) is 33.8 Å². The average molecular weight is 547 g/mol. The minimum absolute atomic E-state index is 0.218. The van der Waals surface area contributed by atoms with E-state index in [1.807, 2.05) is 0 Å². The van der Waals surface area contributed by atoms with E-state index in [0.717, 1.165) is 17.0 Å². The zero-order valence-electron chi connectivity index (χ0n) is 20.9. The first kappa shape index (κ1) is 27.6. The van der Waals surface area contributed by atoms with E-state index in [2.05, 4.69) is 10.1 Å². The number of urea groups is 1. The van der Waals surface area contributed by atoms with Crippen molar-refractivity contribution in [2.75, 3.05) is 17.3 Å². The number of benzene rings is 3. The van der Waals surface area contributed by atoms with Crippen molar-refractivity contribution >= 4 is 35.0 Å². The number of ether oxygens (including phenoxy) is 1. The number of nitrogens with zero attached hydrogens (tertiary/aromatic N) is 2. The number of imide groups is 1. The van der Waals surface area contributed by atoms with Crippen molar-refractivity contribution < 1.29 is 41.1 Å². The fraction of sp³-hybridized carbons (Fsp3) is 0.222. The van der Waals surface area contributed by atoms with E-state index in [1.54, 1.807) is 12.1 Å². The van der Waals surface area contributed by atoms with Gasteiger partial charge in [-0.05, 0) is 74.0 Å². The van der Waals surface area contributed by atoms with Gasteiger partial charge in [0.05, 0.1) is 30.5 Å². The maximum Gasteiger partial charge on any atom is 0.419 e. The van der Waals surface area contributed by atoms with E-state index in [4.69, 9.17) is 0 Å². The lowest BCUT2D eigenvalue weighted by Gasteiger charge is -2.28.